The van der Waals surface area contributed by atoms with Crippen LogP contribution >= 0.6 is 0 Å². The van der Waals surface area contributed by atoms with Crippen LogP contribution in [-0.4, -0.2) is 17.3 Å². The molecule has 0 aromatic rings. The fourth-order valence-electron chi connectivity index (χ4n) is 0.468. The van der Waals surface area contributed by atoms with Crippen LogP contribution in [-0.2, 0) is 0 Å². The summed E-state index contributed by atoms with van der Waals surface area (Å²) in [6, 6.07) is 0.370. The van der Waals surface area contributed by atoms with Crippen molar-refractivity contribution in [3.8, 4) is 0 Å². The average molecular weight is 127 g/mol. The van der Waals surface area contributed by atoms with Gasteiger partial charge in [0.25, 0.3) is 0 Å². The molecule has 0 fully saturated rings. The van der Waals surface area contributed by atoms with Crippen molar-refractivity contribution in [2.75, 3.05) is 0 Å². The van der Waals surface area contributed by atoms with Crippen LogP contribution in [0.5, 0.6) is 0 Å². The van der Waals surface area contributed by atoms with Gasteiger partial charge in [-0.2, -0.15) is 5.10 Å². The van der Waals surface area contributed by atoms with E-state index in [0.29, 0.717) is 6.04 Å². The highest BCUT2D eigenvalue weighted by Gasteiger charge is 1.96. The lowest BCUT2D eigenvalue weighted by molar-refractivity contribution is 0.471. The zero-order valence-electron chi connectivity index (χ0n) is 5.91. The molecule has 3 nitrogen and oxygen atoms in total. The highest BCUT2D eigenvalue weighted by Crippen LogP contribution is 1.92. The molecule has 0 aromatic heterocycles. The molecule has 0 amide bonds. The molecule has 9 heavy (non-hydrogen) atoms. The Bertz CT molecular complexity index is 107. The fraction of sp³-hybridized carbons (Fsp3) is 0.500. The zero-order valence-corrected chi connectivity index (χ0v) is 5.91. The smallest absolute Gasteiger partial charge is 0.115 e. The summed E-state index contributed by atoms with van der Waals surface area (Å²) >= 11 is 0. The van der Waals surface area contributed by atoms with Crippen molar-refractivity contribution >= 4 is 6.34 Å². The number of hydrogen-bond acceptors (Lipinski definition) is 2. The van der Waals surface area contributed by atoms with Crippen molar-refractivity contribution < 1.29 is 0 Å². The lowest BCUT2D eigenvalue weighted by Gasteiger charge is -2.17. The summed E-state index contributed by atoms with van der Waals surface area (Å²) in [4.78, 5) is 1.82. The molecule has 0 atom stereocenters. The van der Waals surface area contributed by atoms with Gasteiger partial charge in [-0.3, -0.25) is 0 Å². The molecule has 0 spiro atoms. The summed E-state index contributed by atoms with van der Waals surface area (Å²) in [5.74, 6) is 4.92. The Morgan fingerprint density at radius 3 is 2.33 bits per heavy atom. The Morgan fingerprint density at radius 1 is 1.67 bits per heavy atom. The number of hydrogen-bond donors (Lipinski definition) is 1. The van der Waals surface area contributed by atoms with Gasteiger partial charge in [0.05, 0.1) is 0 Å². The molecule has 52 valence electrons. The normalized spacial score (nSPS) is 10.6. The van der Waals surface area contributed by atoms with Crippen LogP contribution in [0.3, 0.4) is 0 Å². The van der Waals surface area contributed by atoms with Gasteiger partial charge in [0, 0.05) is 6.04 Å². The molecule has 0 saturated carbocycles. The van der Waals surface area contributed by atoms with Crippen LogP contribution in [0.4, 0.5) is 0 Å². The van der Waals surface area contributed by atoms with Crippen molar-refractivity contribution in [1.29, 1.82) is 0 Å². The molecular formula is C6H13N3. The van der Waals surface area contributed by atoms with E-state index >= 15 is 0 Å². The monoisotopic (exact) mass is 127 g/mol. The molecule has 0 unspecified atom stereocenters. The third kappa shape index (κ3) is 2.74. The lowest BCUT2D eigenvalue weighted by atomic mass is 10.4. The van der Waals surface area contributed by atoms with Gasteiger partial charge in [-0.15, -0.1) is 0 Å². The van der Waals surface area contributed by atoms with E-state index in [4.69, 9.17) is 5.84 Å². The van der Waals surface area contributed by atoms with Gasteiger partial charge in [-0.05, 0) is 20.0 Å². The Hall–Kier alpha value is -0.990. The molecule has 0 aromatic carbocycles. The molecule has 0 heterocycles. The van der Waals surface area contributed by atoms with Crippen LogP contribution in [0.2, 0.25) is 0 Å². The molecule has 2 N–H and O–H groups in total. The maximum Gasteiger partial charge on any atom is 0.115 e. The van der Waals surface area contributed by atoms with E-state index in [1.54, 1.807) is 6.20 Å². The highest BCUT2D eigenvalue weighted by molar-refractivity contribution is 5.56. The minimum absolute atomic E-state index is 0.370. The number of hydrazone groups is 1. The maximum absolute atomic E-state index is 4.92. The van der Waals surface area contributed by atoms with Gasteiger partial charge in [-0.1, -0.05) is 6.58 Å². The van der Waals surface area contributed by atoms with Crippen LogP contribution in [0.25, 0.3) is 0 Å². The third-order valence-electron chi connectivity index (χ3n) is 1.01. The van der Waals surface area contributed by atoms with Gasteiger partial charge in [0.15, 0.2) is 0 Å². The van der Waals surface area contributed by atoms with Crippen molar-refractivity contribution in [2.45, 2.75) is 19.9 Å². The fourth-order valence-corrected chi connectivity index (χ4v) is 0.468. The van der Waals surface area contributed by atoms with E-state index in [1.165, 1.54) is 6.34 Å². The second-order valence-corrected chi connectivity index (χ2v) is 1.99. The number of rotatable bonds is 3. The van der Waals surface area contributed by atoms with Crippen LogP contribution in [0.1, 0.15) is 13.8 Å². The Labute approximate surface area is 55.8 Å². The van der Waals surface area contributed by atoms with Crippen molar-refractivity contribution in [1.82, 2.24) is 4.90 Å². The second kappa shape index (κ2) is 3.95. The van der Waals surface area contributed by atoms with Crippen molar-refractivity contribution in [3.63, 3.8) is 0 Å². The summed E-state index contributed by atoms with van der Waals surface area (Å²) in [5, 5.41) is 3.36. The topological polar surface area (TPSA) is 41.6 Å². The summed E-state index contributed by atoms with van der Waals surface area (Å²) in [6.45, 7) is 7.64. The summed E-state index contributed by atoms with van der Waals surface area (Å²) in [6.07, 6.45) is 3.22. The van der Waals surface area contributed by atoms with Gasteiger partial charge in [-0.25, -0.2) is 0 Å². The van der Waals surface area contributed by atoms with E-state index in [9.17, 15) is 0 Å². The highest BCUT2D eigenvalue weighted by atomic mass is 15.2. The molecule has 0 aliphatic rings. The summed E-state index contributed by atoms with van der Waals surface area (Å²) in [5.41, 5.74) is 0. The van der Waals surface area contributed by atoms with Crippen LogP contribution in [0.15, 0.2) is 17.9 Å². The lowest BCUT2D eigenvalue weighted by Crippen LogP contribution is -2.23. The first kappa shape index (κ1) is 8.01. The average Bonchev–Trinajstić information content (AvgIpc) is 1.82. The summed E-state index contributed by atoms with van der Waals surface area (Å²) < 4.78 is 0. The minimum atomic E-state index is 0.370. The first-order valence-corrected chi connectivity index (χ1v) is 2.85. The molecular weight excluding hydrogens is 114 g/mol. The molecule has 0 saturated heterocycles. The Balaban J connectivity index is 3.82. The Morgan fingerprint density at radius 2 is 2.22 bits per heavy atom. The molecule has 0 rings (SSSR count). The first-order chi connectivity index (χ1) is 4.22. The van der Waals surface area contributed by atoms with E-state index < -0.39 is 0 Å². The SMILES string of the molecule is C=CN(/C=N\N)C(C)C. The van der Waals surface area contributed by atoms with Crippen molar-refractivity contribution in [2.24, 2.45) is 10.9 Å². The number of nitrogens with zero attached hydrogens (tertiary/aromatic N) is 2. The van der Waals surface area contributed by atoms with Gasteiger partial charge in [0.1, 0.15) is 6.34 Å². The quantitative estimate of drug-likeness (QED) is 0.263. The molecule has 0 bridgehead atoms. The predicted molar refractivity (Wildman–Crippen MR) is 39.9 cm³/mol. The van der Waals surface area contributed by atoms with Crippen LogP contribution < -0.4 is 5.84 Å². The maximum atomic E-state index is 4.92. The number of nitrogens with two attached hydrogens (primary N) is 1. The van der Waals surface area contributed by atoms with E-state index in [1.807, 2.05) is 18.7 Å². The molecule has 0 radical (unpaired) electrons. The van der Waals surface area contributed by atoms with Crippen molar-refractivity contribution in [3.05, 3.63) is 12.8 Å². The van der Waals surface area contributed by atoms with Gasteiger partial charge >= 0.3 is 0 Å². The van der Waals surface area contributed by atoms with Gasteiger partial charge in [0.2, 0.25) is 0 Å². The largest absolute Gasteiger partial charge is 0.336 e. The van der Waals surface area contributed by atoms with Gasteiger partial charge < -0.3 is 10.7 Å². The molecule has 3 heteroatoms. The summed E-state index contributed by atoms with van der Waals surface area (Å²) in [7, 11) is 0. The van der Waals surface area contributed by atoms with E-state index in [0.717, 1.165) is 0 Å². The third-order valence-corrected chi connectivity index (χ3v) is 1.01. The van der Waals surface area contributed by atoms with Crippen LogP contribution in [0, 0.1) is 0 Å². The standard InChI is InChI=1S/C6H13N3/c1-4-9(5-8-7)6(2)3/h4-6H,1,7H2,2-3H3/b8-5-. The molecule has 0 aliphatic carbocycles. The van der Waals surface area contributed by atoms with E-state index in [2.05, 4.69) is 11.7 Å². The van der Waals surface area contributed by atoms with E-state index in [-0.39, 0.29) is 0 Å². The first-order valence-electron chi connectivity index (χ1n) is 2.85. The zero-order chi connectivity index (χ0) is 7.28. The minimum Gasteiger partial charge on any atom is -0.336 e. The molecule has 0 aliphatic heterocycles. The Kier molecular flexibility index (Phi) is 3.51. The second-order valence-electron chi connectivity index (χ2n) is 1.99. The predicted octanol–water partition coefficient (Wildman–Crippen LogP) is 0.742.